The molecule has 3 heteroatoms. The van der Waals surface area contributed by atoms with Crippen LogP contribution in [-0.2, 0) is 0 Å². The quantitative estimate of drug-likeness (QED) is 0.767. The van der Waals surface area contributed by atoms with Crippen molar-refractivity contribution in [2.45, 2.75) is 32.3 Å². The van der Waals surface area contributed by atoms with Gasteiger partial charge in [-0.05, 0) is 37.9 Å². The average molecular weight is 233 g/mol. The first-order valence-corrected chi connectivity index (χ1v) is 6.21. The summed E-state index contributed by atoms with van der Waals surface area (Å²) < 4.78 is 5.68. The Bertz CT molecular complexity index is 399. The molecule has 0 radical (unpaired) electrons. The smallest absolute Gasteiger partial charge is 0.165 e. The molecule has 0 heterocycles. The van der Waals surface area contributed by atoms with Crippen LogP contribution in [0.5, 0.6) is 5.75 Å². The van der Waals surface area contributed by atoms with Crippen LogP contribution < -0.4 is 10.5 Å². The molecule has 1 saturated carbocycles. The lowest BCUT2D eigenvalue weighted by Gasteiger charge is -2.10. The van der Waals surface area contributed by atoms with Crippen LogP contribution in [0.2, 0.25) is 0 Å². The molecule has 0 spiro atoms. The molecule has 0 amide bonds. The highest BCUT2D eigenvalue weighted by atomic mass is 16.5. The number of ether oxygens (including phenoxy) is 1. The molecule has 0 aromatic heterocycles. The van der Waals surface area contributed by atoms with Gasteiger partial charge >= 0.3 is 0 Å². The van der Waals surface area contributed by atoms with Gasteiger partial charge in [0.2, 0.25) is 0 Å². The van der Waals surface area contributed by atoms with Crippen LogP contribution in [0.3, 0.4) is 0 Å². The fraction of sp³-hybridized carbons (Fsp3) is 0.500. The molecule has 1 aromatic carbocycles. The number of carbonyl (C=O) groups excluding carboxylic acids is 1. The van der Waals surface area contributed by atoms with Crippen molar-refractivity contribution in [3.8, 4) is 5.75 Å². The van der Waals surface area contributed by atoms with Gasteiger partial charge in [0.05, 0.1) is 6.10 Å². The lowest BCUT2D eigenvalue weighted by Crippen LogP contribution is -2.15. The number of hydrogen-bond acceptors (Lipinski definition) is 3. The summed E-state index contributed by atoms with van der Waals surface area (Å²) in [5.74, 6) is 0.936. The molecule has 1 aliphatic carbocycles. The van der Waals surface area contributed by atoms with Crippen molar-refractivity contribution in [3.05, 3.63) is 29.8 Å². The van der Waals surface area contributed by atoms with Crippen molar-refractivity contribution < 1.29 is 9.53 Å². The number of benzene rings is 1. The minimum Gasteiger partial charge on any atom is -0.490 e. The number of carbonyl (C=O) groups is 1. The summed E-state index contributed by atoms with van der Waals surface area (Å²) in [5.41, 5.74) is 6.20. The van der Waals surface area contributed by atoms with Gasteiger partial charge < -0.3 is 10.5 Å². The molecule has 1 unspecified atom stereocenters. The zero-order valence-corrected chi connectivity index (χ0v) is 10.2. The highest BCUT2D eigenvalue weighted by molar-refractivity contribution is 5.97. The Balaban J connectivity index is 2.05. The van der Waals surface area contributed by atoms with Crippen molar-refractivity contribution in [2.24, 2.45) is 11.7 Å². The Labute approximate surface area is 102 Å². The third-order valence-electron chi connectivity index (χ3n) is 2.99. The summed E-state index contributed by atoms with van der Waals surface area (Å²) in [6, 6.07) is 7.46. The van der Waals surface area contributed by atoms with E-state index in [1.165, 1.54) is 0 Å². The molecule has 3 nitrogen and oxygen atoms in total. The maximum Gasteiger partial charge on any atom is 0.165 e. The minimum atomic E-state index is -0.0174. The molecule has 0 bridgehead atoms. The second kappa shape index (κ2) is 5.32. The van der Waals surface area contributed by atoms with Gasteiger partial charge in [-0.3, -0.25) is 4.79 Å². The van der Waals surface area contributed by atoms with E-state index in [0.29, 0.717) is 12.6 Å². The Morgan fingerprint density at radius 1 is 1.53 bits per heavy atom. The Kier molecular flexibility index (Phi) is 3.79. The molecule has 2 rings (SSSR count). The van der Waals surface area contributed by atoms with Crippen molar-refractivity contribution in [1.29, 1.82) is 0 Å². The molecule has 1 atom stereocenters. The number of nitrogens with two attached hydrogens (primary N) is 1. The van der Waals surface area contributed by atoms with Crippen LogP contribution in [-0.4, -0.2) is 18.4 Å². The molecule has 0 saturated heterocycles. The minimum absolute atomic E-state index is 0.0174. The summed E-state index contributed by atoms with van der Waals surface area (Å²) in [6.07, 6.45) is 3.34. The summed E-state index contributed by atoms with van der Waals surface area (Å²) in [7, 11) is 0. The fourth-order valence-electron chi connectivity index (χ4n) is 1.77. The molecule has 1 aromatic rings. The first-order chi connectivity index (χ1) is 8.20. The molecule has 17 heavy (non-hydrogen) atoms. The van der Waals surface area contributed by atoms with E-state index in [-0.39, 0.29) is 11.7 Å². The highest BCUT2D eigenvalue weighted by Gasteiger charge is 2.24. The summed E-state index contributed by atoms with van der Waals surface area (Å²) in [6.45, 7) is 2.47. The van der Waals surface area contributed by atoms with E-state index < -0.39 is 0 Å². The van der Waals surface area contributed by atoms with E-state index in [1.807, 2.05) is 31.2 Å². The predicted octanol–water partition coefficient (Wildman–Crippen LogP) is 2.40. The normalized spacial score (nSPS) is 16.6. The maximum absolute atomic E-state index is 12.1. The third kappa shape index (κ3) is 3.30. The van der Waals surface area contributed by atoms with Gasteiger partial charge in [-0.2, -0.15) is 0 Å². The maximum atomic E-state index is 12.1. The van der Waals surface area contributed by atoms with Gasteiger partial charge in [-0.1, -0.05) is 19.1 Å². The molecular weight excluding hydrogens is 214 g/mol. The van der Waals surface area contributed by atoms with Crippen molar-refractivity contribution >= 4 is 5.78 Å². The van der Waals surface area contributed by atoms with E-state index in [0.717, 1.165) is 30.6 Å². The first kappa shape index (κ1) is 12.1. The lowest BCUT2D eigenvalue weighted by atomic mass is 9.96. The van der Waals surface area contributed by atoms with Crippen molar-refractivity contribution in [2.75, 3.05) is 6.54 Å². The summed E-state index contributed by atoms with van der Waals surface area (Å²) >= 11 is 0. The Morgan fingerprint density at radius 3 is 2.94 bits per heavy atom. The van der Waals surface area contributed by atoms with E-state index in [9.17, 15) is 4.79 Å². The number of rotatable bonds is 6. The molecule has 0 aliphatic heterocycles. The van der Waals surface area contributed by atoms with Crippen molar-refractivity contribution in [1.82, 2.24) is 0 Å². The van der Waals surface area contributed by atoms with E-state index in [4.69, 9.17) is 10.5 Å². The van der Waals surface area contributed by atoms with Gasteiger partial charge in [0, 0.05) is 11.5 Å². The average Bonchev–Trinajstić information content (AvgIpc) is 3.12. The first-order valence-electron chi connectivity index (χ1n) is 6.21. The van der Waals surface area contributed by atoms with E-state index in [1.54, 1.807) is 0 Å². The Morgan fingerprint density at radius 2 is 2.29 bits per heavy atom. The zero-order valence-electron chi connectivity index (χ0n) is 10.2. The van der Waals surface area contributed by atoms with Gasteiger partial charge in [-0.15, -0.1) is 0 Å². The standard InChI is InChI=1S/C14H19NO2/c1-10(7-8-15)14(16)11-3-2-4-13(9-11)17-12-5-6-12/h2-4,9-10,12H,5-8,15H2,1H3. The number of Topliss-reactive ketones (excluding diaryl/α,β-unsaturated/α-hetero) is 1. The van der Waals surface area contributed by atoms with Crippen molar-refractivity contribution in [3.63, 3.8) is 0 Å². The van der Waals surface area contributed by atoms with Gasteiger partial charge in [0.25, 0.3) is 0 Å². The van der Waals surface area contributed by atoms with Crippen LogP contribution >= 0.6 is 0 Å². The Hall–Kier alpha value is -1.35. The predicted molar refractivity (Wildman–Crippen MR) is 67.3 cm³/mol. The topological polar surface area (TPSA) is 52.3 Å². The van der Waals surface area contributed by atoms with Gasteiger partial charge in [0.15, 0.2) is 5.78 Å². The monoisotopic (exact) mass is 233 g/mol. The SMILES string of the molecule is CC(CCN)C(=O)c1cccc(OC2CC2)c1. The summed E-state index contributed by atoms with van der Waals surface area (Å²) in [4.78, 5) is 12.1. The lowest BCUT2D eigenvalue weighted by molar-refractivity contribution is 0.0925. The molecule has 1 fully saturated rings. The summed E-state index contributed by atoms with van der Waals surface area (Å²) in [5, 5.41) is 0. The highest BCUT2D eigenvalue weighted by Crippen LogP contribution is 2.27. The van der Waals surface area contributed by atoms with Crippen LogP contribution in [0.25, 0.3) is 0 Å². The largest absolute Gasteiger partial charge is 0.490 e. The van der Waals surface area contributed by atoms with Crippen LogP contribution in [0.15, 0.2) is 24.3 Å². The second-order valence-corrected chi connectivity index (χ2v) is 4.69. The second-order valence-electron chi connectivity index (χ2n) is 4.69. The number of hydrogen-bond donors (Lipinski definition) is 1. The molecule has 2 N–H and O–H groups in total. The third-order valence-corrected chi connectivity index (χ3v) is 2.99. The van der Waals surface area contributed by atoms with Crippen LogP contribution in [0.1, 0.15) is 36.5 Å². The van der Waals surface area contributed by atoms with Gasteiger partial charge in [-0.25, -0.2) is 0 Å². The van der Waals surface area contributed by atoms with Gasteiger partial charge in [0.1, 0.15) is 5.75 Å². The fourth-order valence-corrected chi connectivity index (χ4v) is 1.77. The molecular formula is C14H19NO2. The number of ketones is 1. The molecule has 1 aliphatic rings. The van der Waals surface area contributed by atoms with Crippen LogP contribution in [0.4, 0.5) is 0 Å². The zero-order chi connectivity index (χ0) is 12.3. The van der Waals surface area contributed by atoms with E-state index in [2.05, 4.69) is 0 Å². The molecule has 92 valence electrons. The van der Waals surface area contributed by atoms with Crippen LogP contribution in [0, 0.1) is 5.92 Å². The van der Waals surface area contributed by atoms with E-state index >= 15 is 0 Å².